The molecule has 2 aromatic rings. The molecule has 0 aromatic heterocycles. The molecule has 228 valence electrons. The van der Waals surface area contributed by atoms with Crippen molar-refractivity contribution in [1.29, 1.82) is 0 Å². The van der Waals surface area contributed by atoms with Crippen LogP contribution in [0.4, 0.5) is 0 Å². The summed E-state index contributed by atoms with van der Waals surface area (Å²) in [7, 11) is -4.81. The van der Waals surface area contributed by atoms with Gasteiger partial charge in [-0.2, -0.15) is 0 Å². The number of rotatable bonds is 15. The topological polar surface area (TPSA) is 58.9 Å². The number of aliphatic hydroxyl groups excluding tert-OH is 2. The van der Waals surface area contributed by atoms with Crippen LogP contribution in [0.1, 0.15) is 67.7 Å². The summed E-state index contributed by atoms with van der Waals surface area (Å²) in [5, 5.41) is 23.5. The van der Waals surface area contributed by atoms with Crippen LogP contribution in [0.15, 0.2) is 85.5 Å². The molecule has 0 aliphatic heterocycles. The van der Waals surface area contributed by atoms with E-state index in [-0.39, 0.29) is 22.1 Å². The zero-order valence-corrected chi connectivity index (χ0v) is 29.1. The van der Waals surface area contributed by atoms with Crippen LogP contribution in [0.5, 0.6) is 0 Å². The third-order valence-corrected chi connectivity index (χ3v) is 18.1. The van der Waals surface area contributed by atoms with Gasteiger partial charge in [-0.25, -0.2) is 0 Å². The third kappa shape index (κ3) is 9.60. The number of hydrogen-bond donors (Lipinski definition) is 2. The van der Waals surface area contributed by atoms with E-state index in [1.165, 1.54) is 10.4 Å². The highest BCUT2D eigenvalue weighted by atomic mass is 28.4. The molecule has 0 amide bonds. The molecule has 2 N–H and O–H groups in total. The maximum Gasteiger partial charge on any atom is 0.261 e. The molecular weight excluding hydrogens is 541 g/mol. The van der Waals surface area contributed by atoms with Crippen LogP contribution in [-0.2, 0) is 8.85 Å². The Morgan fingerprint density at radius 1 is 0.829 bits per heavy atom. The summed E-state index contributed by atoms with van der Waals surface area (Å²) in [6, 6.07) is 21.4. The molecule has 4 nitrogen and oxygen atoms in total. The Morgan fingerprint density at radius 3 is 1.78 bits per heavy atom. The van der Waals surface area contributed by atoms with Crippen LogP contribution in [0.25, 0.3) is 0 Å². The van der Waals surface area contributed by atoms with E-state index in [1.54, 1.807) is 12.2 Å². The summed E-state index contributed by atoms with van der Waals surface area (Å²) in [5.74, 6) is 0.0655. The molecule has 0 aliphatic rings. The lowest BCUT2D eigenvalue weighted by atomic mass is 9.98. The first-order valence-electron chi connectivity index (χ1n) is 15.1. The molecule has 2 rings (SSSR count). The maximum atomic E-state index is 11.1. The molecule has 0 heterocycles. The van der Waals surface area contributed by atoms with E-state index in [0.717, 1.165) is 0 Å². The Hall–Kier alpha value is -1.81. The molecule has 0 bridgehead atoms. The van der Waals surface area contributed by atoms with Gasteiger partial charge in [0.05, 0.1) is 18.3 Å². The largest absolute Gasteiger partial charge is 0.413 e. The van der Waals surface area contributed by atoms with Crippen LogP contribution in [0.2, 0.25) is 23.2 Å². The lowest BCUT2D eigenvalue weighted by Gasteiger charge is -2.45. The van der Waals surface area contributed by atoms with Crippen LogP contribution in [-0.4, -0.2) is 51.8 Å². The summed E-state index contributed by atoms with van der Waals surface area (Å²) in [6.07, 6.45) is 5.48. The summed E-state index contributed by atoms with van der Waals surface area (Å²) in [6.45, 7) is 24.6. The van der Waals surface area contributed by atoms with Crippen molar-refractivity contribution in [3.63, 3.8) is 0 Å². The maximum absolute atomic E-state index is 11.1. The second-order valence-corrected chi connectivity index (χ2v) is 23.1. The Balaban J connectivity index is 2.40. The molecule has 2 aromatic carbocycles. The second-order valence-electron chi connectivity index (χ2n) is 14.0. The minimum atomic E-state index is -2.69. The van der Waals surface area contributed by atoms with E-state index in [1.807, 2.05) is 6.08 Å². The third-order valence-electron chi connectivity index (χ3n) is 8.55. The molecule has 6 heteroatoms. The van der Waals surface area contributed by atoms with Gasteiger partial charge in [0.2, 0.25) is 0 Å². The zero-order chi connectivity index (χ0) is 30.9. The Kier molecular flexibility index (Phi) is 13.0. The molecule has 0 saturated carbocycles. The zero-order valence-electron chi connectivity index (χ0n) is 27.1. The fraction of sp³-hybridized carbons (Fsp3) is 0.543. The first-order chi connectivity index (χ1) is 19.0. The molecule has 0 saturated heterocycles. The van der Waals surface area contributed by atoms with Crippen LogP contribution in [0.3, 0.4) is 0 Å². The molecular formula is C35H56O4Si2. The molecule has 2 unspecified atom stereocenters. The van der Waals surface area contributed by atoms with Gasteiger partial charge >= 0.3 is 0 Å². The SMILES string of the molecule is C=CCC(O)/C=C/CC(O)C[C@H](O[Si](C)(C)C(C)(C)C)[C@@H](C)CO[Si](c1ccccc1)(c1ccccc1)C(C)(C)C. The molecule has 0 radical (unpaired) electrons. The van der Waals surface area contributed by atoms with Crippen LogP contribution < -0.4 is 10.4 Å². The van der Waals surface area contributed by atoms with Crippen LogP contribution >= 0.6 is 0 Å². The summed E-state index contributed by atoms with van der Waals surface area (Å²) in [4.78, 5) is 0. The number of benzene rings is 2. The smallest absolute Gasteiger partial charge is 0.261 e. The average Bonchev–Trinajstić information content (AvgIpc) is 2.88. The van der Waals surface area contributed by atoms with Crippen molar-refractivity contribution < 1.29 is 19.1 Å². The van der Waals surface area contributed by atoms with E-state index in [9.17, 15) is 10.2 Å². The first-order valence-corrected chi connectivity index (χ1v) is 19.9. The normalized spacial score (nSPS) is 16.4. The van der Waals surface area contributed by atoms with Gasteiger partial charge in [0.15, 0.2) is 8.32 Å². The van der Waals surface area contributed by atoms with Gasteiger partial charge in [0, 0.05) is 12.5 Å². The van der Waals surface area contributed by atoms with E-state index in [4.69, 9.17) is 8.85 Å². The molecule has 4 atom stereocenters. The minimum Gasteiger partial charge on any atom is -0.413 e. The predicted molar refractivity (Wildman–Crippen MR) is 180 cm³/mol. The van der Waals surface area contributed by atoms with Gasteiger partial charge in [0.25, 0.3) is 8.32 Å². The summed E-state index contributed by atoms with van der Waals surface area (Å²) in [5.41, 5.74) is 0. The summed E-state index contributed by atoms with van der Waals surface area (Å²) < 4.78 is 14.3. The highest BCUT2D eigenvalue weighted by Gasteiger charge is 2.50. The van der Waals surface area contributed by atoms with Crippen molar-refractivity contribution in [3.05, 3.63) is 85.5 Å². The lowest BCUT2D eigenvalue weighted by molar-refractivity contribution is 0.0398. The standard InChI is InChI=1S/C35H56O4Si2/c1-11-19-29(36)20-18-21-30(37)26-33(39-40(9,10)34(3,4)5)28(2)27-38-41(35(6,7)8,31-22-14-12-15-23-31)32-24-16-13-17-25-32/h11-18,20,22-25,28-30,33,36-37H,1,19,21,26-27H2,2-10H3/b20-18+/t28-,29?,30?,33-/m0/s1. The average molecular weight is 597 g/mol. The van der Waals surface area contributed by atoms with E-state index >= 15 is 0 Å². The second kappa shape index (κ2) is 15.1. The quantitative estimate of drug-likeness (QED) is 0.168. The highest BCUT2D eigenvalue weighted by molar-refractivity contribution is 6.99. The van der Waals surface area contributed by atoms with Gasteiger partial charge < -0.3 is 19.1 Å². The van der Waals surface area contributed by atoms with Gasteiger partial charge in [-0.15, -0.1) is 6.58 Å². The van der Waals surface area contributed by atoms with Gasteiger partial charge in [-0.05, 0) is 52.8 Å². The Labute approximate surface area is 252 Å². The van der Waals surface area contributed by atoms with Crippen molar-refractivity contribution >= 4 is 27.0 Å². The van der Waals surface area contributed by atoms with E-state index in [2.05, 4.69) is 129 Å². The monoisotopic (exact) mass is 596 g/mol. The van der Waals surface area contributed by atoms with Gasteiger partial charge in [-0.1, -0.05) is 127 Å². The Bertz CT molecular complexity index is 1030. The molecule has 0 aliphatic carbocycles. The summed E-state index contributed by atoms with van der Waals surface area (Å²) >= 11 is 0. The fourth-order valence-corrected chi connectivity index (χ4v) is 11.2. The minimum absolute atomic E-state index is 0.0451. The molecule has 41 heavy (non-hydrogen) atoms. The van der Waals surface area contributed by atoms with E-state index in [0.29, 0.717) is 25.9 Å². The predicted octanol–water partition coefficient (Wildman–Crippen LogP) is 7.22. The van der Waals surface area contributed by atoms with E-state index < -0.39 is 28.8 Å². The van der Waals surface area contributed by atoms with Crippen molar-refractivity contribution in [2.24, 2.45) is 5.92 Å². The van der Waals surface area contributed by atoms with Crippen molar-refractivity contribution in [2.75, 3.05) is 6.61 Å². The molecule has 0 fully saturated rings. The fourth-order valence-electron chi connectivity index (χ4n) is 5.08. The van der Waals surface area contributed by atoms with Gasteiger partial charge in [0.1, 0.15) is 0 Å². The van der Waals surface area contributed by atoms with Gasteiger partial charge in [-0.3, -0.25) is 0 Å². The van der Waals surface area contributed by atoms with Crippen molar-refractivity contribution in [2.45, 2.75) is 109 Å². The highest BCUT2D eigenvalue weighted by Crippen LogP contribution is 2.40. The van der Waals surface area contributed by atoms with Crippen molar-refractivity contribution in [3.8, 4) is 0 Å². The Morgan fingerprint density at radius 2 is 1.34 bits per heavy atom. The van der Waals surface area contributed by atoms with Crippen molar-refractivity contribution in [1.82, 2.24) is 0 Å². The molecule has 0 spiro atoms. The lowest BCUT2D eigenvalue weighted by Crippen LogP contribution is -2.67. The number of hydrogen-bond acceptors (Lipinski definition) is 4. The first kappa shape index (κ1) is 35.4. The number of aliphatic hydroxyl groups is 2. The van der Waals surface area contributed by atoms with Crippen LogP contribution in [0, 0.1) is 5.92 Å².